The summed E-state index contributed by atoms with van der Waals surface area (Å²) < 4.78 is 32.6. The SMILES string of the molecule is COc1nc(SC[C@H](N)CO)c(Cl)nc1NS(=O)(=O)c1cccc(Cl)c1Cl. The first-order valence-corrected chi connectivity index (χ1v) is 10.9. The van der Waals surface area contributed by atoms with Crippen LogP contribution >= 0.6 is 46.6 Å². The fraction of sp³-hybridized carbons (Fsp3) is 0.286. The largest absolute Gasteiger partial charge is 0.478 e. The molecule has 0 saturated carbocycles. The zero-order chi connectivity index (χ0) is 20.2. The quantitative estimate of drug-likeness (QED) is 0.499. The van der Waals surface area contributed by atoms with Crippen LogP contribution in [0.1, 0.15) is 0 Å². The molecule has 13 heteroatoms. The van der Waals surface area contributed by atoms with E-state index in [1.807, 2.05) is 0 Å². The number of benzene rings is 1. The summed E-state index contributed by atoms with van der Waals surface area (Å²) in [7, 11) is -2.82. The summed E-state index contributed by atoms with van der Waals surface area (Å²) in [5.41, 5.74) is 5.64. The lowest BCUT2D eigenvalue weighted by Gasteiger charge is -2.14. The van der Waals surface area contributed by atoms with E-state index in [0.717, 1.165) is 11.8 Å². The summed E-state index contributed by atoms with van der Waals surface area (Å²) in [5.74, 6) is 0.0209. The third-order valence-electron chi connectivity index (χ3n) is 3.09. The minimum atomic E-state index is -4.13. The Morgan fingerprint density at radius 2 is 2.04 bits per heavy atom. The van der Waals surface area contributed by atoms with Crippen molar-refractivity contribution in [3.05, 3.63) is 33.4 Å². The van der Waals surface area contributed by atoms with Crippen LogP contribution in [-0.2, 0) is 10.0 Å². The highest BCUT2D eigenvalue weighted by molar-refractivity contribution is 7.99. The lowest BCUT2D eigenvalue weighted by atomic mass is 10.4. The number of aliphatic hydroxyl groups excluding tert-OH is 1. The molecule has 27 heavy (non-hydrogen) atoms. The first kappa shape index (κ1) is 22.3. The summed E-state index contributed by atoms with van der Waals surface area (Å²) >= 11 is 19.1. The number of aromatic nitrogens is 2. The van der Waals surface area contributed by atoms with Gasteiger partial charge < -0.3 is 15.6 Å². The molecule has 0 aliphatic heterocycles. The molecule has 0 saturated heterocycles. The van der Waals surface area contributed by atoms with E-state index in [-0.39, 0.29) is 43.4 Å². The molecule has 0 aliphatic rings. The van der Waals surface area contributed by atoms with Gasteiger partial charge in [0.05, 0.1) is 23.8 Å². The molecular weight excluding hydrogens is 459 g/mol. The predicted octanol–water partition coefficient (Wildman–Crippen LogP) is 2.66. The third kappa shape index (κ3) is 5.50. The fourth-order valence-corrected chi connectivity index (χ4v) is 4.64. The number of nitrogens with zero attached hydrogens (tertiary/aromatic N) is 2. The molecule has 1 atom stereocenters. The van der Waals surface area contributed by atoms with Gasteiger partial charge in [-0.2, -0.15) is 0 Å². The van der Waals surface area contributed by atoms with Gasteiger partial charge >= 0.3 is 0 Å². The highest BCUT2D eigenvalue weighted by atomic mass is 35.5. The van der Waals surface area contributed by atoms with Crippen molar-refractivity contribution in [2.24, 2.45) is 5.73 Å². The number of methoxy groups -OCH3 is 1. The maximum atomic E-state index is 12.6. The van der Waals surface area contributed by atoms with E-state index in [2.05, 4.69) is 14.7 Å². The van der Waals surface area contributed by atoms with E-state index in [1.54, 1.807) is 0 Å². The van der Waals surface area contributed by atoms with Crippen molar-refractivity contribution >= 4 is 62.4 Å². The lowest BCUT2D eigenvalue weighted by molar-refractivity contribution is 0.275. The van der Waals surface area contributed by atoms with Crippen LogP contribution in [0.15, 0.2) is 28.1 Å². The second kappa shape index (κ2) is 9.46. The number of thioether (sulfide) groups is 1. The molecule has 2 aromatic rings. The van der Waals surface area contributed by atoms with Crippen molar-refractivity contribution in [2.45, 2.75) is 16.0 Å². The predicted molar refractivity (Wildman–Crippen MR) is 107 cm³/mol. The van der Waals surface area contributed by atoms with Crippen LogP contribution in [0.4, 0.5) is 5.82 Å². The molecule has 2 rings (SSSR count). The van der Waals surface area contributed by atoms with Crippen LogP contribution in [0.3, 0.4) is 0 Å². The van der Waals surface area contributed by atoms with Crippen LogP contribution in [0.25, 0.3) is 0 Å². The molecule has 0 bridgehead atoms. The van der Waals surface area contributed by atoms with Crippen molar-refractivity contribution in [3.8, 4) is 5.88 Å². The van der Waals surface area contributed by atoms with Gasteiger partial charge in [-0.25, -0.2) is 18.4 Å². The molecule has 8 nitrogen and oxygen atoms in total. The molecule has 0 amide bonds. The number of nitrogens with two attached hydrogens (primary N) is 1. The van der Waals surface area contributed by atoms with E-state index < -0.39 is 16.1 Å². The average Bonchev–Trinajstić information content (AvgIpc) is 2.62. The summed E-state index contributed by atoms with van der Waals surface area (Å²) in [6, 6.07) is 3.73. The van der Waals surface area contributed by atoms with Crippen molar-refractivity contribution in [3.63, 3.8) is 0 Å². The Kier molecular flexibility index (Phi) is 7.81. The van der Waals surface area contributed by atoms with E-state index in [9.17, 15) is 8.42 Å². The van der Waals surface area contributed by atoms with Crippen LogP contribution < -0.4 is 15.2 Å². The number of halogens is 3. The number of aliphatic hydroxyl groups is 1. The first-order valence-electron chi connectivity index (χ1n) is 7.27. The van der Waals surface area contributed by atoms with E-state index in [4.69, 9.17) is 50.4 Å². The van der Waals surface area contributed by atoms with E-state index >= 15 is 0 Å². The number of anilines is 1. The summed E-state index contributed by atoms with van der Waals surface area (Å²) in [6.07, 6.45) is 0. The monoisotopic (exact) mass is 472 g/mol. The van der Waals surface area contributed by atoms with Crippen molar-refractivity contribution in [1.29, 1.82) is 0 Å². The van der Waals surface area contributed by atoms with Crippen molar-refractivity contribution in [2.75, 3.05) is 24.2 Å². The van der Waals surface area contributed by atoms with Gasteiger partial charge in [0.2, 0.25) is 5.82 Å². The molecule has 1 heterocycles. The Hall–Kier alpha value is -1.01. The molecule has 0 spiro atoms. The number of sulfonamides is 1. The number of ether oxygens (including phenoxy) is 1. The van der Waals surface area contributed by atoms with Crippen molar-refractivity contribution < 1.29 is 18.3 Å². The van der Waals surface area contributed by atoms with Crippen LogP contribution in [0.5, 0.6) is 5.88 Å². The second-order valence-corrected chi connectivity index (χ2v) is 8.89. The van der Waals surface area contributed by atoms with Gasteiger partial charge in [0.1, 0.15) is 9.92 Å². The van der Waals surface area contributed by atoms with E-state index in [0.29, 0.717) is 5.75 Å². The summed E-state index contributed by atoms with van der Waals surface area (Å²) in [6.45, 7) is -0.201. The van der Waals surface area contributed by atoms with Gasteiger partial charge in [-0.3, -0.25) is 4.72 Å². The van der Waals surface area contributed by atoms with Gasteiger partial charge in [-0.1, -0.05) is 40.9 Å². The van der Waals surface area contributed by atoms with Gasteiger partial charge in [0, 0.05) is 11.8 Å². The van der Waals surface area contributed by atoms with Crippen LogP contribution in [-0.4, -0.2) is 49.0 Å². The molecule has 0 fully saturated rings. The smallest absolute Gasteiger partial charge is 0.264 e. The lowest BCUT2D eigenvalue weighted by Crippen LogP contribution is -2.26. The summed E-state index contributed by atoms with van der Waals surface area (Å²) in [4.78, 5) is 7.90. The van der Waals surface area contributed by atoms with E-state index in [1.165, 1.54) is 25.3 Å². The third-order valence-corrected chi connectivity index (χ3v) is 6.93. The average molecular weight is 474 g/mol. The molecule has 0 radical (unpaired) electrons. The molecule has 0 unspecified atom stereocenters. The Morgan fingerprint density at radius 1 is 1.33 bits per heavy atom. The Morgan fingerprint density at radius 3 is 2.67 bits per heavy atom. The molecule has 4 N–H and O–H groups in total. The zero-order valence-electron chi connectivity index (χ0n) is 13.8. The summed E-state index contributed by atoms with van der Waals surface area (Å²) in [5, 5.41) is 9.16. The molecule has 148 valence electrons. The maximum Gasteiger partial charge on any atom is 0.264 e. The maximum absolute atomic E-state index is 12.6. The number of hydrogen-bond donors (Lipinski definition) is 3. The molecule has 0 aliphatic carbocycles. The highest BCUT2D eigenvalue weighted by Gasteiger charge is 2.24. The van der Waals surface area contributed by atoms with Gasteiger partial charge in [0.15, 0.2) is 5.15 Å². The Balaban J connectivity index is 2.35. The number of rotatable bonds is 8. The minimum absolute atomic E-state index is 0.0548. The molecule has 1 aromatic carbocycles. The Labute approximate surface area is 175 Å². The number of nitrogens with one attached hydrogen (secondary N) is 1. The highest BCUT2D eigenvalue weighted by Crippen LogP contribution is 2.34. The minimum Gasteiger partial charge on any atom is -0.478 e. The standard InChI is InChI=1S/C14H15Cl3N4O4S2/c1-25-13-12(19-11(17)14(20-13)26-6-7(18)5-22)21-27(23,24)9-4-2-3-8(15)10(9)16/h2-4,7,22H,5-6,18H2,1H3,(H,19,21)/t7-/m1/s1. The van der Waals surface area contributed by atoms with Crippen LogP contribution in [0, 0.1) is 0 Å². The normalized spacial score (nSPS) is 12.7. The van der Waals surface area contributed by atoms with Crippen LogP contribution in [0.2, 0.25) is 15.2 Å². The first-order chi connectivity index (χ1) is 12.7. The Bertz CT molecular complexity index is 931. The van der Waals surface area contributed by atoms with Gasteiger partial charge in [-0.05, 0) is 12.1 Å². The number of hydrogen-bond acceptors (Lipinski definition) is 8. The molecule has 1 aromatic heterocycles. The van der Waals surface area contributed by atoms with Gasteiger partial charge in [0.25, 0.3) is 15.9 Å². The van der Waals surface area contributed by atoms with Crippen molar-refractivity contribution in [1.82, 2.24) is 9.97 Å². The topological polar surface area (TPSA) is 127 Å². The fourth-order valence-electron chi connectivity index (χ4n) is 1.80. The van der Waals surface area contributed by atoms with Gasteiger partial charge in [-0.15, -0.1) is 11.8 Å². The molecular formula is C14H15Cl3N4O4S2. The zero-order valence-corrected chi connectivity index (χ0v) is 17.7. The second-order valence-electron chi connectivity index (χ2n) is 5.09.